The van der Waals surface area contributed by atoms with E-state index in [1.165, 1.54) is 18.3 Å². The number of aromatic nitrogens is 2. The highest BCUT2D eigenvalue weighted by molar-refractivity contribution is 7.91. The highest BCUT2D eigenvalue weighted by Gasteiger charge is 2.32. The van der Waals surface area contributed by atoms with Gasteiger partial charge in [-0.2, -0.15) is 18.3 Å². The van der Waals surface area contributed by atoms with Crippen LogP contribution in [0.25, 0.3) is 0 Å². The SMILES string of the molecule is CN(Cc1ccc(C(F)(F)F)cc1)c1cnn(C2CCS(=O)(=O)C2)c(=O)c1Cl. The van der Waals surface area contributed by atoms with Crippen LogP contribution in [0.4, 0.5) is 18.9 Å². The Kier molecular flexibility index (Phi) is 5.46. The molecule has 0 aliphatic carbocycles. The molecule has 1 unspecified atom stereocenters. The van der Waals surface area contributed by atoms with Gasteiger partial charge in [-0.05, 0) is 24.1 Å². The van der Waals surface area contributed by atoms with Crippen LogP contribution in [-0.2, 0) is 22.6 Å². The van der Waals surface area contributed by atoms with Gasteiger partial charge in [-0.15, -0.1) is 0 Å². The van der Waals surface area contributed by atoms with Gasteiger partial charge in [-0.1, -0.05) is 23.7 Å². The summed E-state index contributed by atoms with van der Waals surface area (Å²) < 4.78 is 62.3. The van der Waals surface area contributed by atoms with Crippen LogP contribution >= 0.6 is 11.6 Å². The van der Waals surface area contributed by atoms with Crippen molar-refractivity contribution < 1.29 is 21.6 Å². The fraction of sp³-hybridized carbons (Fsp3) is 0.412. The zero-order chi connectivity index (χ0) is 20.7. The lowest BCUT2D eigenvalue weighted by Gasteiger charge is -2.21. The smallest absolute Gasteiger partial charge is 0.368 e. The van der Waals surface area contributed by atoms with E-state index in [0.717, 1.165) is 16.8 Å². The van der Waals surface area contributed by atoms with E-state index in [4.69, 9.17) is 11.6 Å². The minimum absolute atomic E-state index is 0.00101. The average Bonchev–Trinajstić information content (AvgIpc) is 2.96. The van der Waals surface area contributed by atoms with E-state index in [1.54, 1.807) is 11.9 Å². The monoisotopic (exact) mass is 435 g/mol. The molecule has 6 nitrogen and oxygen atoms in total. The lowest BCUT2D eigenvalue weighted by atomic mass is 10.1. The van der Waals surface area contributed by atoms with Crippen molar-refractivity contribution in [3.8, 4) is 0 Å². The topological polar surface area (TPSA) is 72.3 Å². The maximum atomic E-state index is 12.6. The Balaban J connectivity index is 1.80. The number of sulfone groups is 1. The van der Waals surface area contributed by atoms with E-state index >= 15 is 0 Å². The molecule has 1 aromatic heterocycles. The number of alkyl halides is 3. The highest BCUT2D eigenvalue weighted by Crippen LogP contribution is 2.30. The summed E-state index contributed by atoms with van der Waals surface area (Å²) in [5.74, 6) is -0.157. The first-order chi connectivity index (χ1) is 13.0. The fourth-order valence-electron chi connectivity index (χ4n) is 3.09. The molecule has 1 aromatic carbocycles. The van der Waals surface area contributed by atoms with Gasteiger partial charge >= 0.3 is 6.18 Å². The summed E-state index contributed by atoms with van der Waals surface area (Å²) in [5, 5.41) is 3.94. The van der Waals surface area contributed by atoms with Crippen LogP contribution in [0.1, 0.15) is 23.6 Å². The van der Waals surface area contributed by atoms with Crippen LogP contribution in [0.5, 0.6) is 0 Å². The van der Waals surface area contributed by atoms with Crippen molar-refractivity contribution in [1.29, 1.82) is 0 Å². The molecule has 1 aliphatic heterocycles. The number of rotatable bonds is 4. The zero-order valence-electron chi connectivity index (χ0n) is 14.8. The molecule has 0 radical (unpaired) electrons. The van der Waals surface area contributed by atoms with E-state index in [-0.39, 0.29) is 23.1 Å². The Morgan fingerprint density at radius 1 is 1.29 bits per heavy atom. The Morgan fingerprint density at radius 3 is 2.46 bits per heavy atom. The Bertz CT molecular complexity index is 1040. The van der Waals surface area contributed by atoms with E-state index < -0.39 is 33.2 Å². The zero-order valence-corrected chi connectivity index (χ0v) is 16.4. The summed E-state index contributed by atoms with van der Waals surface area (Å²) in [6.45, 7) is 0.209. The Labute approximate surface area is 164 Å². The number of nitrogens with zero attached hydrogens (tertiary/aromatic N) is 3. The van der Waals surface area contributed by atoms with Crippen LogP contribution in [-0.4, -0.2) is 36.8 Å². The van der Waals surface area contributed by atoms with E-state index in [2.05, 4.69) is 5.10 Å². The van der Waals surface area contributed by atoms with E-state index in [9.17, 15) is 26.4 Å². The van der Waals surface area contributed by atoms with E-state index in [0.29, 0.717) is 17.7 Å². The molecular formula is C17H17ClF3N3O3S. The summed E-state index contributed by atoms with van der Waals surface area (Å²) in [5.41, 5.74) is -0.436. The molecule has 1 saturated heterocycles. The molecular weight excluding hydrogens is 419 g/mol. The Morgan fingerprint density at radius 2 is 1.93 bits per heavy atom. The number of halogens is 4. The average molecular weight is 436 g/mol. The second kappa shape index (κ2) is 7.40. The third-order valence-corrected chi connectivity index (χ3v) is 6.70. The predicted molar refractivity (Wildman–Crippen MR) is 99.4 cm³/mol. The summed E-state index contributed by atoms with van der Waals surface area (Å²) in [6, 6.07) is 4.13. The quantitative estimate of drug-likeness (QED) is 0.738. The number of benzene rings is 1. The van der Waals surface area contributed by atoms with Crippen molar-refractivity contribution in [2.24, 2.45) is 0 Å². The molecule has 3 rings (SSSR count). The third kappa shape index (κ3) is 4.33. The van der Waals surface area contributed by atoms with Crippen LogP contribution in [0.15, 0.2) is 35.3 Å². The van der Waals surface area contributed by atoms with Crippen molar-refractivity contribution in [3.63, 3.8) is 0 Å². The standard InChI is InChI=1S/C17H17ClF3N3O3S/c1-23(9-11-2-4-12(5-3-11)17(19,20)21)14-8-22-24(16(25)15(14)18)13-6-7-28(26,27)10-13/h2-5,8,13H,6-7,9-10H2,1H3. The van der Waals surface area contributed by atoms with Gasteiger partial charge in [0.2, 0.25) is 0 Å². The first kappa shape index (κ1) is 20.7. The maximum absolute atomic E-state index is 12.6. The van der Waals surface area contributed by atoms with Gasteiger partial charge in [0.15, 0.2) is 9.84 Å². The summed E-state index contributed by atoms with van der Waals surface area (Å²) in [6.07, 6.45) is -2.75. The van der Waals surface area contributed by atoms with E-state index in [1.807, 2.05) is 0 Å². The van der Waals surface area contributed by atoms with Crippen LogP contribution < -0.4 is 10.5 Å². The fourth-order valence-corrected chi connectivity index (χ4v) is 5.06. The van der Waals surface area contributed by atoms with Gasteiger partial charge in [0.1, 0.15) is 5.02 Å². The minimum atomic E-state index is -4.41. The molecule has 1 aliphatic rings. The molecule has 28 heavy (non-hydrogen) atoms. The predicted octanol–water partition coefficient (Wildman–Crippen LogP) is 2.91. The number of hydrogen-bond donors (Lipinski definition) is 0. The Hall–Kier alpha value is -2.07. The highest BCUT2D eigenvalue weighted by atomic mass is 35.5. The summed E-state index contributed by atoms with van der Waals surface area (Å²) in [7, 11) is -1.56. The van der Waals surface area contributed by atoms with Crippen molar-refractivity contribution in [3.05, 3.63) is 57.0 Å². The second-order valence-electron chi connectivity index (χ2n) is 6.70. The van der Waals surface area contributed by atoms with Crippen LogP contribution in [0.3, 0.4) is 0 Å². The first-order valence-corrected chi connectivity index (χ1v) is 10.5. The number of anilines is 1. The summed E-state index contributed by atoms with van der Waals surface area (Å²) >= 11 is 6.18. The minimum Gasteiger partial charge on any atom is -0.368 e. The molecule has 0 spiro atoms. The van der Waals surface area contributed by atoms with Gasteiger partial charge in [0.25, 0.3) is 5.56 Å². The largest absolute Gasteiger partial charge is 0.416 e. The maximum Gasteiger partial charge on any atom is 0.416 e. The van der Waals surface area contributed by atoms with Crippen LogP contribution in [0.2, 0.25) is 5.02 Å². The van der Waals surface area contributed by atoms with Gasteiger partial charge in [0.05, 0.1) is 35.0 Å². The lowest BCUT2D eigenvalue weighted by molar-refractivity contribution is -0.137. The van der Waals surface area contributed by atoms with Gasteiger partial charge < -0.3 is 4.90 Å². The van der Waals surface area contributed by atoms with Crippen molar-refractivity contribution in [2.75, 3.05) is 23.5 Å². The molecule has 0 saturated carbocycles. The van der Waals surface area contributed by atoms with Crippen LogP contribution in [0, 0.1) is 0 Å². The molecule has 11 heteroatoms. The normalized spacial score (nSPS) is 19.0. The van der Waals surface area contributed by atoms with Gasteiger partial charge in [-0.3, -0.25) is 4.79 Å². The van der Waals surface area contributed by atoms with Crippen molar-refractivity contribution >= 4 is 27.1 Å². The molecule has 2 aromatic rings. The lowest BCUT2D eigenvalue weighted by Crippen LogP contribution is -2.30. The molecule has 0 amide bonds. The third-order valence-electron chi connectivity index (χ3n) is 4.59. The van der Waals surface area contributed by atoms with Gasteiger partial charge in [0, 0.05) is 13.6 Å². The molecule has 1 atom stereocenters. The second-order valence-corrected chi connectivity index (χ2v) is 9.31. The number of hydrogen-bond acceptors (Lipinski definition) is 5. The molecule has 0 bridgehead atoms. The molecule has 152 valence electrons. The molecule has 1 fully saturated rings. The molecule has 0 N–H and O–H groups in total. The van der Waals surface area contributed by atoms with Crippen molar-refractivity contribution in [2.45, 2.75) is 25.2 Å². The molecule has 2 heterocycles. The summed E-state index contributed by atoms with van der Waals surface area (Å²) in [4.78, 5) is 14.1. The first-order valence-electron chi connectivity index (χ1n) is 8.33. The van der Waals surface area contributed by atoms with Crippen molar-refractivity contribution in [1.82, 2.24) is 9.78 Å². The van der Waals surface area contributed by atoms with Gasteiger partial charge in [-0.25, -0.2) is 13.1 Å².